The van der Waals surface area contributed by atoms with Crippen molar-refractivity contribution in [3.8, 4) is 5.75 Å². The summed E-state index contributed by atoms with van der Waals surface area (Å²) >= 11 is 16.5. The predicted octanol–water partition coefficient (Wildman–Crippen LogP) is 7.61. The quantitative estimate of drug-likeness (QED) is 0.256. The summed E-state index contributed by atoms with van der Waals surface area (Å²) in [7, 11) is 0. The van der Waals surface area contributed by atoms with Crippen LogP contribution in [0.25, 0.3) is 10.9 Å². The van der Waals surface area contributed by atoms with Gasteiger partial charge >= 0.3 is 0 Å². The van der Waals surface area contributed by atoms with Crippen LogP contribution in [0.5, 0.6) is 5.75 Å². The first-order chi connectivity index (χ1) is 16.4. The van der Waals surface area contributed by atoms with Crippen LogP contribution in [-0.4, -0.2) is 21.2 Å². The van der Waals surface area contributed by atoms with Gasteiger partial charge in [-0.15, -0.1) is 0 Å². The average Bonchev–Trinajstić information content (AvgIpc) is 3.42. The van der Waals surface area contributed by atoms with E-state index in [-0.39, 0.29) is 11.9 Å². The molecule has 0 saturated carbocycles. The number of halogens is 3. The number of nitrogens with zero attached hydrogens (tertiary/aromatic N) is 3. The second-order valence-corrected chi connectivity index (χ2v) is 10.2. The van der Waals surface area contributed by atoms with E-state index in [1.165, 1.54) is 0 Å². The second-order valence-electron chi connectivity index (χ2n) is 8.42. The third kappa shape index (κ3) is 3.44. The summed E-state index contributed by atoms with van der Waals surface area (Å²) < 4.78 is 9.18. The zero-order chi connectivity index (χ0) is 23.6. The van der Waals surface area contributed by atoms with E-state index in [1.54, 1.807) is 17.6 Å². The number of hydrazone groups is 1. The third-order valence-corrected chi connectivity index (χ3v) is 7.36. The Hall–Kier alpha value is -2.80. The molecule has 2 aliphatic rings. The van der Waals surface area contributed by atoms with Gasteiger partial charge in [-0.2, -0.15) is 5.10 Å². The molecule has 0 bridgehead atoms. The van der Waals surface area contributed by atoms with E-state index in [0.717, 1.165) is 37.8 Å². The molecule has 0 unspecified atom stereocenters. The first kappa shape index (κ1) is 21.7. The highest BCUT2D eigenvalue weighted by molar-refractivity contribution is 9.10. The number of aromatic nitrogens is 1. The van der Waals surface area contributed by atoms with Crippen LogP contribution >= 0.6 is 39.1 Å². The molecule has 6 rings (SSSR count). The molecule has 0 N–H and O–H groups in total. The smallest absolute Gasteiger partial charge is 0.227 e. The summed E-state index contributed by atoms with van der Waals surface area (Å²) in [5.41, 5.74) is 4.57. The van der Waals surface area contributed by atoms with Gasteiger partial charge in [-0.25, -0.2) is 5.01 Å². The van der Waals surface area contributed by atoms with E-state index in [9.17, 15) is 4.79 Å². The van der Waals surface area contributed by atoms with Crippen molar-refractivity contribution in [2.75, 3.05) is 0 Å². The Morgan fingerprint density at radius 2 is 1.85 bits per heavy atom. The van der Waals surface area contributed by atoms with Gasteiger partial charge in [0.1, 0.15) is 5.75 Å². The molecule has 2 aliphatic heterocycles. The Bertz CT molecular complexity index is 1500. The first-order valence-electron chi connectivity index (χ1n) is 10.8. The van der Waals surface area contributed by atoms with E-state index < -0.39 is 6.23 Å². The zero-order valence-corrected chi connectivity index (χ0v) is 21.1. The lowest BCUT2D eigenvalue weighted by Crippen LogP contribution is -2.33. The van der Waals surface area contributed by atoms with Crippen LogP contribution in [0.3, 0.4) is 0 Å². The largest absolute Gasteiger partial charge is 0.463 e. The molecule has 1 aromatic heterocycles. The summed E-state index contributed by atoms with van der Waals surface area (Å²) in [5.74, 6) is 0.532. The summed E-state index contributed by atoms with van der Waals surface area (Å²) in [4.78, 5) is 12.4. The Morgan fingerprint density at radius 1 is 1.09 bits per heavy atom. The van der Waals surface area contributed by atoms with Crippen molar-refractivity contribution in [1.29, 1.82) is 0 Å². The monoisotopic (exact) mass is 553 g/mol. The lowest BCUT2D eigenvalue weighted by Gasteiger charge is -2.38. The highest BCUT2D eigenvalue weighted by Gasteiger charge is 2.43. The van der Waals surface area contributed by atoms with Crippen molar-refractivity contribution in [2.24, 2.45) is 5.10 Å². The van der Waals surface area contributed by atoms with Gasteiger partial charge in [0.15, 0.2) is 0 Å². The molecule has 0 spiro atoms. The molecule has 0 aliphatic carbocycles. The van der Waals surface area contributed by atoms with Crippen molar-refractivity contribution >= 4 is 61.7 Å². The molecule has 0 fully saturated rings. The fourth-order valence-electron chi connectivity index (χ4n) is 4.80. The van der Waals surface area contributed by atoms with Gasteiger partial charge in [0, 0.05) is 45.5 Å². The zero-order valence-electron chi connectivity index (χ0n) is 18.0. The van der Waals surface area contributed by atoms with Crippen LogP contribution < -0.4 is 4.74 Å². The Morgan fingerprint density at radius 3 is 2.62 bits per heavy atom. The number of hydrogen-bond acceptors (Lipinski definition) is 4. The molecule has 34 heavy (non-hydrogen) atoms. The number of fused-ring (bicyclic) bond motifs is 4. The molecule has 0 saturated heterocycles. The minimum Gasteiger partial charge on any atom is -0.463 e. The van der Waals surface area contributed by atoms with E-state index in [4.69, 9.17) is 33.0 Å². The van der Waals surface area contributed by atoms with Gasteiger partial charge in [0.2, 0.25) is 12.1 Å². The minimum atomic E-state index is -0.561. The maximum Gasteiger partial charge on any atom is 0.227 e. The third-order valence-electron chi connectivity index (χ3n) is 6.33. The molecule has 3 aromatic carbocycles. The Kier molecular flexibility index (Phi) is 5.21. The van der Waals surface area contributed by atoms with Crippen molar-refractivity contribution in [2.45, 2.75) is 25.6 Å². The average molecular weight is 555 g/mol. The van der Waals surface area contributed by atoms with E-state index >= 15 is 0 Å². The van der Waals surface area contributed by atoms with Gasteiger partial charge in [-0.05, 0) is 35.9 Å². The molecule has 3 heterocycles. The number of rotatable bonds is 2. The fourth-order valence-corrected chi connectivity index (χ4v) is 5.62. The van der Waals surface area contributed by atoms with E-state index in [1.807, 2.05) is 65.8 Å². The van der Waals surface area contributed by atoms with Gasteiger partial charge in [0.05, 0.1) is 22.3 Å². The molecule has 0 amide bonds. The number of benzene rings is 3. The maximum atomic E-state index is 12.4. The highest BCUT2D eigenvalue weighted by atomic mass is 79.9. The molecule has 8 heteroatoms. The molecular formula is C26H18BrCl2N3O2. The Balaban J connectivity index is 1.54. The number of ether oxygens (including phenoxy) is 1. The normalized spacial score (nSPS) is 18.9. The van der Waals surface area contributed by atoms with Crippen molar-refractivity contribution in [3.05, 3.63) is 98.1 Å². The van der Waals surface area contributed by atoms with Crippen molar-refractivity contribution < 1.29 is 9.53 Å². The molecule has 0 radical (unpaired) electrons. The second kappa shape index (κ2) is 8.15. The summed E-state index contributed by atoms with van der Waals surface area (Å²) in [6, 6.07) is 19.4. The number of hydrogen-bond donors (Lipinski definition) is 0. The summed E-state index contributed by atoms with van der Waals surface area (Å²) in [5, 5.41) is 8.93. The van der Waals surface area contributed by atoms with E-state index in [0.29, 0.717) is 22.2 Å². The van der Waals surface area contributed by atoms with Crippen LogP contribution in [0.15, 0.2) is 76.4 Å². The maximum absolute atomic E-state index is 12.4. The van der Waals surface area contributed by atoms with Crippen molar-refractivity contribution in [3.63, 3.8) is 0 Å². The summed E-state index contributed by atoms with van der Waals surface area (Å²) in [6.07, 6.45) is 1.96. The Labute approximate surface area is 214 Å². The standard InChI is InChI=1S/C26H18BrCl2N3O2/c1-14(33)31-13-20(18-4-2-3-5-23(18)31)26-32-24(19-10-17(28)11-21(29)25(19)34-26)12-22(30-32)15-6-8-16(27)9-7-15/h2-11,13,24,26H,12H2,1H3/t24-,26+/m0/s1. The lowest BCUT2D eigenvalue weighted by atomic mass is 9.96. The first-order valence-corrected chi connectivity index (χ1v) is 12.3. The van der Waals surface area contributed by atoms with Gasteiger partial charge in [-0.3, -0.25) is 9.36 Å². The highest BCUT2D eigenvalue weighted by Crippen LogP contribution is 2.51. The summed E-state index contributed by atoms with van der Waals surface area (Å²) in [6.45, 7) is 1.55. The van der Waals surface area contributed by atoms with Crippen LogP contribution in [0, 0.1) is 0 Å². The minimum absolute atomic E-state index is 0.0690. The molecule has 5 nitrogen and oxygen atoms in total. The van der Waals surface area contributed by atoms with Crippen molar-refractivity contribution in [1.82, 2.24) is 9.58 Å². The molecule has 2 atom stereocenters. The van der Waals surface area contributed by atoms with Crippen LogP contribution in [0.1, 0.15) is 47.1 Å². The van der Waals surface area contributed by atoms with E-state index in [2.05, 4.69) is 15.9 Å². The SMILES string of the molecule is CC(=O)n1cc([C@H]2Oc3c(Cl)cc(Cl)cc3[C@@H]3CC(c4ccc(Br)cc4)=NN23)c2ccccc21. The van der Waals surface area contributed by atoms with Crippen LogP contribution in [0.2, 0.25) is 10.0 Å². The van der Waals surface area contributed by atoms with Gasteiger partial charge in [-0.1, -0.05) is 69.5 Å². The molecule has 4 aromatic rings. The molecular weight excluding hydrogens is 537 g/mol. The van der Waals surface area contributed by atoms with Crippen LogP contribution in [-0.2, 0) is 0 Å². The fraction of sp³-hybridized carbons (Fsp3) is 0.154. The number of carbonyl (C=O) groups is 1. The predicted molar refractivity (Wildman–Crippen MR) is 138 cm³/mol. The molecule has 170 valence electrons. The number of carbonyl (C=O) groups excluding carboxylic acids is 1. The lowest BCUT2D eigenvalue weighted by molar-refractivity contribution is -0.0180. The topological polar surface area (TPSA) is 46.8 Å². The van der Waals surface area contributed by atoms with Gasteiger partial charge < -0.3 is 4.74 Å². The van der Waals surface area contributed by atoms with Gasteiger partial charge in [0.25, 0.3) is 0 Å². The number of para-hydroxylation sites is 1. The van der Waals surface area contributed by atoms with Crippen LogP contribution in [0.4, 0.5) is 0 Å².